The predicted molar refractivity (Wildman–Crippen MR) is 106 cm³/mol. The smallest absolute Gasteiger partial charge is 0.259 e. The van der Waals surface area contributed by atoms with Gasteiger partial charge in [0.15, 0.2) is 5.76 Å². The number of ether oxygens (including phenoxy) is 1. The highest BCUT2D eigenvalue weighted by atomic mass is 79.9. The Hall–Kier alpha value is -2.80. The van der Waals surface area contributed by atoms with E-state index in [0.717, 1.165) is 26.9 Å². The molecule has 2 aromatic carbocycles. The summed E-state index contributed by atoms with van der Waals surface area (Å²) in [5.41, 5.74) is 4.67. The number of benzene rings is 2. The largest absolute Gasteiger partial charge is 0.497 e. The van der Waals surface area contributed by atoms with E-state index in [1.54, 1.807) is 14.0 Å². The van der Waals surface area contributed by atoms with Gasteiger partial charge in [0.25, 0.3) is 5.91 Å². The van der Waals surface area contributed by atoms with Crippen LogP contribution in [-0.4, -0.2) is 25.3 Å². The summed E-state index contributed by atoms with van der Waals surface area (Å²) >= 11 is 3.43. The van der Waals surface area contributed by atoms with Crippen molar-refractivity contribution in [1.82, 2.24) is 5.43 Å². The number of carbonyl (C=O) groups excluding carboxylic acids is 1. The van der Waals surface area contributed by atoms with Crippen LogP contribution < -0.4 is 15.5 Å². The number of anilines is 1. The molecule has 0 saturated heterocycles. The highest BCUT2D eigenvalue weighted by molar-refractivity contribution is 9.10. The number of amides is 1. The van der Waals surface area contributed by atoms with E-state index in [1.165, 1.54) is 0 Å². The van der Waals surface area contributed by atoms with Crippen LogP contribution in [0, 0.1) is 0 Å². The molecule has 0 spiro atoms. The Morgan fingerprint density at radius 3 is 2.88 bits per heavy atom. The van der Waals surface area contributed by atoms with Gasteiger partial charge in [0.2, 0.25) is 0 Å². The van der Waals surface area contributed by atoms with Gasteiger partial charge in [-0.15, -0.1) is 0 Å². The van der Waals surface area contributed by atoms with Gasteiger partial charge in [0.1, 0.15) is 17.0 Å². The molecule has 0 aliphatic carbocycles. The van der Waals surface area contributed by atoms with Gasteiger partial charge in [-0.2, -0.15) is 5.10 Å². The number of nitrogens with zero attached hydrogens (tertiary/aromatic N) is 1. The summed E-state index contributed by atoms with van der Waals surface area (Å²) in [6.07, 6.45) is 0. The van der Waals surface area contributed by atoms with Crippen molar-refractivity contribution >= 4 is 44.2 Å². The minimum Gasteiger partial charge on any atom is -0.497 e. The molecule has 3 rings (SSSR count). The molecule has 1 amide bonds. The van der Waals surface area contributed by atoms with Crippen molar-refractivity contribution < 1.29 is 13.9 Å². The number of nitrogens with one attached hydrogen (secondary N) is 2. The van der Waals surface area contributed by atoms with Crippen molar-refractivity contribution in [3.8, 4) is 5.75 Å². The van der Waals surface area contributed by atoms with Gasteiger partial charge < -0.3 is 14.5 Å². The lowest BCUT2D eigenvalue weighted by atomic mass is 10.2. The molecule has 6 nitrogen and oxygen atoms in total. The molecule has 3 aromatic rings. The van der Waals surface area contributed by atoms with E-state index < -0.39 is 0 Å². The fourth-order valence-corrected chi connectivity index (χ4v) is 2.73. The number of fused-ring (bicyclic) bond motifs is 1. The monoisotopic (exact) mass is 415 g/mol. The Morgan fingerprint density at radius 2 is 2.08 bits per heavy atom. The number of hydrogen-bond donors (Lipinski definition) is 2. The Bertz CT molecular complexity index is 966. The fraction of sp³-hybridized carbons (Fsp3) is 0.158. The normalized spacial score (nSPS) is 11.4. The highest BCUT2D eigenvalue weighted by Crippen LogP contribution is 2.23. The van der Waals surface area contributed by atoms with Crippen LogP contribution in [0.5, 0.6) is 5.75 Å². The van der Waals surface area contributed by atoms with Crippen LogP contribution in [0.3, 0.4) is 0 Å². The SMILES string of the molecule is COc1cccc(NCC(=O)N/N=C(/C)c2cc3cc(Br)ccc3o2)c1. The minimum absolute atomic E-state index is 0.0943. The number of hydrazone groups is 1. The van der Waals surface area contributed by atoms with E-state index in [0.29, 0.717) is 11.5 Å². The van der Waals surface area contributed by atoms with Crippen LogP contribution in [0.25, 0.3) is 11.0 Å². The van der Waals surface area contributed by atoms with E-state index in [4.69, 9.17) is 9.15 Å². The van der Waals surface area contributed by atoms with Crippen LogP contribution in [0.1, 0.15) is 12.7 Å². The summed E-state index contributed by atoms with van der Waals surface area (Å²) < 4.78 is 11.9. The zero-order valence-electron chi connectivity index (χ0n) is 14.4. The lowest BCUT2D eigenvalue weighted by Gasteiger charge is -2.07. The molecular formula is C19H18BrN3O3. The van der Waals surface area contributed by atoms with Crippen molar-refractivity contribution in [2.24, 2.45) is 5.10 Å². The first-order valence-corrected chi connectivity index (χ1v) is 8.75. The van der Waals surface area contributed by atoms with Crippen LogP contribution in [0.4, 0.5) is 5.69 Å². The summed E-state index contributed by atoms with van der Waals surface area (Å²) in [4.78, 5) is 12.0. The average molecular weight is 416 g/mol. The van der Waals surface area contributed by atoms with Gasteiger partial charge in [-0.25, -0.2) is 5.43 Å². The van der Waals surface area contributed by atoms with E-state index in [1.807, 2.05) is 48.5 Å². The summed E-state index contributed by atoms with van der Waals surface area (Å²) in [6, 6.07) is 15.0. The van der Waals surface area contributed by atoms with Crippen molar-refractivity contribution in [2.75, 3.05) is 19.0 Å². The van der Waals surface area contributed by atoms with Gasteiger partial charge in [0, 0.05) is 21.6 Å². The van der Waals surface area contributed by atoms with E-state index >= 15 is 0 Å². The van der Waals surface area contributed by atoms with Crippen molar-refractivity contribution in [3.05, 3.63) is 58.8 Å². The van der Waals surface area contributed by atoms with Gasteiger partial charge in [-0.1, -0.05) is 22.0 Å². The summed E-state index contributed by atoms with van der Waals surface area (Å²) in [6.45, 7) is 1.87. The van der Waals surface area contributed by atoms with E-state index in [2.05, 4.69) is 31.8 Å². The topological polar surface area (TPSA) is 75.9 Å². The quantitative estimate of drug-likeness (QED) is 0.468. The van der Waals surface area contributed by atoms with Crippen molar-refractivity contribution in [3.63, 3.8) is 0 Å². The van der Waals surface area contributed by atoms with Gasteiger partial charge in [-0.05, 0) is 43.3 Å². The summed E-state index contributed by atoms with van der Waals surface area (Å²) in [7, 11) is 1.60. The van der Waals surface area contributed by atoms with E-state index in [9.17, 15) is 4.79 Å². The highest BCUT2D eigenvalue weighted by Gasteiger charge is 2.08. The van der Waals surface area contributed by atoms with Gasteiger partial charge in [-0.3, -0.25) is 4.79 Å². The molecule has 0 aliphatic heterocycles. The van der Waals surface area contributed by atoms with Crippen LogP contribution >= 0.6 is 15.9 Å². The average Bonchev–Trinajstić information content (AvgIpc) is 3.07. The fourth-order valence-electron chi connectivity index (χ4n) is 2.35. The zero-order valence-corrected chi connectivity index (χ0v) is 16.0. The third kappa shape index (κ3) is 4.43. The Morgan fingerprint density at radius 1 is 1.23 bits per heavy atom. The molecule has 0 saturated carbocycles. The second-order valence-electron chi connectivity index (χ2n) is 5.61. The lowest BCUT2D eigenvalue weighted by molar-refractivity contribution is -0.119. The summed E-state index contributed by atoms with van der Waals surface area (Å²) in [5, 5.41) is 8.09. The molecular weight excluding hydrogens is 398 g/mol. The van der Waals surface area contributed by atoms with Gasteiger partial charge >= 0.3 is 0 Å². The number of methoxy groups -OCH3 is 1. The Labute approximate surface area is 159 Å². The zero-order chi connectivity index (χ0) is 18.5. The standard InChI is InChI=1S/C19H18BrN3O3/c1-12(18-9-13-8-14(20)6-7-17(13)26-18)22-23-19(24)11-21-15-4-3-5-16(10-15)25-2/h3-10,21H,11H2,1-2H3,(H,23,24)/b22-12-. The molecule has 7 heteroatoms. The first kappa shape index (κ1) is 18.0. The second-order valence-corrected chi connectivity index (χ2v) is 6.53. The minimum atomic E-state index is -0.258. The molecule has 0 bridgehead atoms. The van der Waals surface area contributed by atoms with Crippen molar-refractivity contribution in [2.45, 2.75) is 6.92 Å². The van der Waals surface area contributed by atoms with E-state index in [-0.39, 0.29) is 12.5 Å². The Balaban J connectivity index is 1.59. The molecule has 0 unspecified atom stereocenters. The number of rotatable bonds is 6. The molecule has 26 heavy (non-hydrogen) atoms. The molecule has 0 radical (unpaired) electrons. The molecule has 1 heterocycles. The maximum Gasteiger partial charge on any atom is 0.259 e. The first-order chi connectivity index (χ1) is 12.5. The number of halogens is 1. The lowest BCUT2D eigenvalue weighted by Crippen LogP contribution is -2.26. The molecule has 0 atom stereocenters. The third-order valence-electron chi connectivity index (χ3n) is 3.71. The second kappa shape index (κ2) is 8.05. The predicted octanol–water partition coefficient (Wildman–Crippen LogP) is 4.16. The Kier molecular flexibility index (Phi) is 5.58. The molecule has 0 aliphatic rings. The third-order valence-corrected chi connectivity index (χ3v) is 4.20. The maximum atomic E-state index is 12.0. The van der Waals surface area contributed by atoms with Gasteiger partial charge in [0.05, 0.1) is 13.7 Å². The summed E-state index contributed by atoms with van der Waals surface area (Å²) in [5.74, 6) is 1.07. The molecule has 2 N–H and O–H groups in total. The molecule has 1 aromatic heterocycles. The molecule has 134 valence electrons. The first-order valence-electron chi connectivity index (χ1n) is 7.95. The maximum absolute atomic E-state index is 12.0. The number of carbonyl (C=O) groups is 1. The molecule has 0 fully saturated rings. The van der Waals surface area contributed by atoms with Crippen LogP contribution in [0.15, 0.2) is 62.5 Å². The van der Waals surface area contributed by atoms with Crippen molar-refractivity contribution in [1.29, 1.82) is 0 Å². The number of hydrogen-bond acceptors (Lipinski definition) is 5. The number of furan rings is 1. The van der Waals surface area contributed by atoms with Crippen LogP contribution in [0.2, 0.25) is 0 Å². The van der Waals surface area contributed by atoms with Crippen LogP contribution in [-0.2, 0) is 4.79 Å².